The average Bonchev–Trinajstić information content (AvgIpc) is 1.84. The predicted octanol–water partition coefficient (Wildman–Crippen LogP) is 0.195. The van der Waals surface area contributed by atoms with E-state index in [2.05, 4.69) is 0 Å². The van der Waals surface area contributed by atoms with Crippen LogP contribution < -0.4 is 5.73 Å². The van der Waals surface area contributed by atoms with Crippen molar-refractivity contribution in [1.82, 2.24) is 0 Å². The van der Waals surface area contributed by atoms with Gasteiger partial charge in [-0.3, -0.25) is 0 Å². The van der Waals surface area contributed by atoms with Gasteiger partial charge in [0.1, 0.15) is 0 Å². The fraction of sp³-hybridized carbons (Fsp3) is 0.800. The van der Waals surface area contributed by atoms with Crippen LogP contribution in [0.2, 0.25) is 11.4 Å². The van der Waals surface area contributed by atoms with Crippen LogP contribution in [-0.4, -0.2) is 36.7 Å². The summed E-state index contributed by atoms with van der Waals surface area (Å²) < 4.78 is 15.8. The van der Waals surface area contributed by atoms with E-state index in [1.54, 1.807) is 0 Å². The maximum absolute atomic E-state index is 11.0. The molecule has 1 atom stereocenters. The van der Waals surface area contributed by atoms with Gasteiger partial charge in [0.15, 0.2) is 0 Å². The van der Waals surface area contributed by atoms with Gasteiger partial charge in [-0.25, -0.2) is 0 Å². The number of carboxylic acid groups (broad SMARTS) is 1. The van der Waals surface area contributed by atoms with E-state index in [1.807, 2.05) is 0 Å². The molecule has 0 heterocycles. The van der Waals surface area contributed by atoms with Crippen molar-refractivity contribution < 1.29 is 16.8 Å². The first-order valence-corrected chi connectivity index (χ1v) is 9.37. The zero-order valence-electron chi connectivity index (χ0n) is 6.89. The van der Waals surface area contributed by atoms with Crippen LogP contribution in [0.5, 0.6) is 0 Å². The molecule has 0 aliphatic carbocycles. The van der Waals surface area contributed by atoms with E-state index in [0.29, 0.717) is 0 Å². The van der Waals surface area contributed by atoms with Gasteiger partial charge in [0.05, 0.1) is 0 Å². The van der Waals surface area contributed by atoms with Crippen LogP contribution in [0.15, 0.2) is 0 Å². The van der Waals surface area contributed by atoms with E-state index >= 15 is 0 Å². The molecule has 0 fully saturated rings. The number of rotatable bonds is 5. The Balaban J connectivity index is 3.58. The molecule has 0 amide bonds. The molecule has 7 heteroatoms. The predicted molar refractivity (Wildman–Crippen MR) is 47.3 cm³/mol. The molecule has 72 valence electrons. The Morgan fingerprint density at radius 1 is 1.75 bits per heavy atom. The first-order valence-electron chi connectivity index (χ1n) is 3.17. The number of hydrogen-bond acceptors (Lipinski definition) is 5. The fourth-order valence-corrected chi connectivity index (χ4v) is 2.89. The quantitative estimate of drug-likeness (QED) is 0.540. The van der Waals surface area contributed by atoms with Crippen LogP contribution in [0.25, 0.3) is 0 Å². The number of carboxylic acids is 1. The minimum atomic E-state index is -3.10. The summed E-state index contributed by atoms with van der Waals surface area (Å²) >= 11 is -2.24. The molecule has 0 unspecified atom stereocenters. The van der Waals surface area contributed by atoms with Crippen molar-refractivity contribution in [2.45, 2.75) is 17.5 Å². The molecule has 0 rings (SSSR count). The zero-order chi connectivity index (χ0) is 9.78. The van der Waals surface area contributed by atoms with Crippen LogP contribution >= 0.6 is 12.0 Å². The van der Waals surface area contributed by atoms with E-state index in [0.717, 1.165) is 12.0 Å². The molecule has 12 heavy (non-hydrogen) atoms. The van der Waals surface area contributed by atoms with Crippen LogP contribution in [0, 0.1) is 0 Å². The Kier molecular flexibility index (Phi) is 5.01. The molecule has 0 saturated carbocycles. The first kappa shape index (κ1) is 12.1. The second-order valence-corrected chi connectivity index (χ2v) is 9.47. The van der Waals surface area contributed by atoms with Crippen molar-refractivity contribution >= 4 is 31.8 Å². The van der Waals surface area contributed by atoms with Gasteiger partial charge in [-0.05, 0) is 0 Å². The molecule has 3 N–H and O–H groups in total. The third kappa shape index (κ3) is 6.79. The van der Waals surface area contributed by atoms with Gasteiger partial charge >= 0.3 is 77.6 Å². The van der Waals surface area contributed by atoms with Crippen molar-refractivity contribution in [1.29, 1.82) is 0 Å². The Hall–Kier alpha value is 0.0984. The summed E-state index contributed by atoms with van der Waals surface area (Å²) in [4.78, 5) is 10.2. The summed E-state index contributed by atoms with van der Waals surface area (Å²) in [7, 11) is 0. The summed E-state index contributed by atoms with van der Waals surface area (Å²) in [6, 6.07) is -0.961. The summed E-state index contributed by atoms with van der Waals surface area (Å²) in [5.74, 6) is -0.970. The Morgan fingerprint density at radius 3 is 2.58 bits per heavy atom. The van der Waals surface area contributed by atoms with Gasteiger partial charge in [0.25, 0.3) is 0 Å². The number of hydrogen-bond donors (Lipinski definition) is 2. The van der Waals surface area contributed by atoms with E-state index in [9.17, 15) is 8.53 Å². The standard InChI is InChI=1S/C5H12AsNO4S/c1-6(2,10)11-12-3-4(7)5(8)9/h4H,3,7H2,1-2H3,(H,8,9)/t4-/m0/s1. The van der Waals surface area contributed by atoms with E-state index in [4.69, 9.17) is 14.0 Å². The van der Waals surface area contributed by atoms with Gasteiger partial charge in [0.2, 0.25) is 0 Å². The third-order valence-corrected chi connectivity index (χ3v) is 4.68. The van der Waals surface area contributed by atoms with Crippen molar-refractivity contribution in [2.24, 2.45) is 5.73 Å². The molecule has 0 aromatic carbocycles. The number of carbonyl (C=O) groups is 1. The van der Waals surface area contributed by atoms with Crippen LogP contribution in [0.1, 0.15) is 0 Å². The van der Waals surface area contributed by atoms with Crippen molar-refractivity contribution in [3.63, 3.8) is 0 Å². The first-order chi connectivity index (χ1) is 5.33. The summed E-state index contributed by atoms with van der Waals surface area (Å²) in [6.45, 7) is 0. The Morgan fingerprint density at radius 2 is 2.25 bits per heavy atom. The second kappa shape index (κ2) is 4.96. The van der Waals surface area contributed by atoms with Gasteiger partial charge < -0.3 is 0 Å². The number of aliphatic carboxylic acids is 1. The second-order valence-electron chi connectivity index (χ2n) is 2.56. The average molecular weight is 257 g/mol. The summed E-state index contributed by atoms with van der Waals surface area (Å²) in [5, 5.41) is 8.35. The molecule has 0 aliphatic rings. The number of nitrogens with two attached hydrogens (primary N) is 1. The topological polar surface area (TPSA) is 89.6 Å². The van der Waals surface area contributed by atoms with E-state index in [1.165, 1.54) is 11.4 Å². The van der Waals surface area contributed by atoms with Crippen molar-refractivity contribution in [3.05, 3.63) is 0 Å². The normalized spacial score (nSPS) is 14.2. The SMILES string of the molecule is C[As](C)(=O)OSC[C@H](N)C(=O)O. The van der Waals surface area contributed by atoms with Crippen LogP contribution in [0.3, 0.4) is 0 Å². The molecule has 0 bridgehead atoms. The third-order valence-electron chi connectivity index (χ3n) is 0.797. The zero-order valence-corrected chi connectivity index (χ0v) is 9.58. The van der Waals surface area contributed by atoms with Gasteiger partial charge in [-0.1, -0.05) is 0 Å². The van der Waals surface area contributed by atoms with Crippen molar-refractivity contribution in [3.8, 4) is 0 Å². The van der Waals surface area contributed by atoms with Crippen LogP contribution in [-0.2, 0) is 11.7 Å². The minimum absolute atomic E-state index is 0.113. The molecular formula is C5H12AsNO4S. The van der Waals surface area contributed by atoms with Crippen molar-refractivity contribution in [2.75, 3.05) is 5.75 Å². The molecule has 0 aromatic rings. The molecular weight excluding hydrogens is 245 g/mol. The summed E-state index contributed by atoms with van der Waals surface area (Å²) in [6.07, 6.45) is 0. The monoisotopic (exact) mass is 257 g/mol. The molecule has 0 spiro atoms. The van der Waals surface area contributed by atoms with Gasteiger partial charge in [0, 0.05) is 0 Å². The van der Waals surface area contributed by atoms with E-state index in [-0.39, 0.29) is 5.75 Å². The Bertz CT molecular complexity index is 204. The molecule has 0 saturated heterocycles. The van der Waals surface area contributed by atoms with Gasteiger partial charge in [-0.2, -0.15) is 0 Å². The van der Waals surface area contributed by atoms with Gasteiger partial charge in [-0.15, -0.1) is 0 Å². The Labute approximate surface area is 77.9 Å². The van der Waals surface area contributed by atoms with E-state index < -0.39 is 25.8 Å². The molecule has 5 nitrogen and oxygen atoms in total. The molecule has 0 radical (unpaired) electrons. The van der Waals surface area contributed by atoms with Crippen LogP contribution in [0.4, 0.5) is 0 Å². The summed E-state index contributed by atoms with van der Waals surface area (Å²) in [5.41, 5.74) is 8.19. The maximum atomic E-state index is 11.0. The fourth-order valence-electron chi connectivity index (χ4n) is 0.302. The molecule has 0 aromatic heterocycles. The molecule has 0 aliphatic heterocycles.